The van der Waals surface area contributed by atoms with Gasteiger partial charge in [-0.3, -0.25) is 14.2 Å². The fourth-order valence-electron chi connectivity index (χ4n) is 5.20. The molecule has 43 heavy (non-hydrogen) atoms. The van der Waals surface area contributed by atoms with Gasteiger partial charge in [-0.1, -0.05) is 12.8 Å². The van der Waals surface area contributed by atoms with E-state index in [1.165, 1.54) is 19.3 Å². The van der Waals surface area contributed by atoms with Crippen LogP contribution >= 0.6 is 0 Å². The summed E-state index contributed by atoms with van der Waals surface area (Å²) >= 11 is 0. The highest BCUT2D eigenvalue weighted by Crippen LogP contribution is 2.32. The number of likely N-dealkylation sites (N-methyl/N-ethyl adjacent to an activating group) is 1. The molecule has 0 spiro atoms. The maximum absolute atomic E-state index is 13.4. The molecule has 0 bridgehead atoms. The summed E-state index contributed by atoms with van der Waals surface area (Å²) < 4.78 is 12.5. The molecule has 1 aliphatic rings. The zero-order valence-electron chi connectivity index (χ0n) is 24.7. The van der Waals surface area contributed by atoms with Crippen LogP contribution in [0.15, 0.2) is 41.7 Å². The van der Waals surface area contributed by atoms with Gasteiger partial charge < -0.3 is 19.7 Å². The first-order chi connectivity index (χ1) is 20.8. The number of nitrogens with zero attached hydrogens (tertiary/aromatic N) is 7. The molecule has 13 heteroatoms. The van der Waals surface area contributed by atoms with Gasteiger partial charge in [0.05, 0.1) is 30.5 Å². The summed E-state index contributed by atoms with van der Waals surface area (Å²) in [5.41, 5.74) is 1.31. The first-order valence-electron chi connectivity index (χ1n) is 14.3. The van der Waals surface area contributed by atoms with Crippen LogP contribution in [0.4, 0.5) is 17.7 Å². The Balaban J connectivity index is 1.24. The maximum atomic E-state index is 13.4. The maximum Gasteiger partial charge on any atom is 0.341 e. The van der Waals surface area contributed by atoms with Crippen LogP contribution in [-0.4, -0.2) is 68.0 Å². The van der Waals surface area contributed by atoms with E-state index in [1.54, 1.807) is 42.9 Å². The van der Waals surface area contributed by atoms with E-state index in [2.05, 4.69) is 25.3 Å². The molecule has 0 saturated heterocycles. The number of aromatic nitrogens is 6. The first kappa shape index (κ1) is 29.5. The van der Waals surface area contributed by atoms with Gasteiger partial charge in [-0.25, -0.2) is 24.7 Å². The molecular formula is C30H34N8O5. The Morgan fingerprint density at radius 1 is 1.07 bits per heavy atom. The summed E-state index contributed by atoms with van der Waals surface area (Å²) in [5, 5.41) is 3.79. The predicted octanol–water partition coefficient (Wildman–Crippen LogP) is 4.04. The number of rotatable bonds is 11. The molecule has 13 nitrogen and oxygen atoms in total. The number of pyridine rings is 2. The van der Waals surface area contributed by atoms with Gasteiger partial charge in [0.2, 0.25) is 11.9 Å². The Labute approximate surface area is 248 Å². The SMILES string of the molecule is CCOC(=O)c1cnc(N(C)CCOc2ccc(Nc3ncc4c(C)c(C(C)=O)c(=O)n(C5CCCC5)c4n3)nc2)nc1. The zero-order chi connectivity index (χ0) is 30.5. The third kappa shape index (κ3) is 6.45. The fraction of sp³-hybridized carbons (Fsp3) is 0.400. The van der Waals surface area contributed by atoms with Crippen molar-refractivity contribution in [1.82, 2.24) is 29.5 Å². The second-order valence-corrected chi connectivity index (χ2v) is 10.4. The van der Waals surface area contributed by atoms with Gasteiger partial charge in [0.25, 0.3) is 5.56 Å². The van der Waals surface area contributed by atoms with E-state index in [0.29, 0.717) is 58.8 Å². The molecule has 4 aromatic rings. The third-order valence-corrected chi connectivity index (χ3v) is 7.41. The molecule has 0 amide bonds. The molecule has 1 aliphatic carbocycles. The topological polar surface area (TPSA) is 154 Å². The number of carbonyl (C=O) groups is 2. The van der Waals surface area contributed by atoms with Crippen molar-refractivity contribution in [3.63, 3.8) is 0 Å². The highest BCUT2D eigenvalue weighted by Gasteiger charge is 2.26. The highest BCUT2D eigenvalue weighted by molar-refractivity contribution is 5.99. The Bertz CT molecular complexity index is 1680. The van der Waals surface area contributed by atoms with Crippen molar-refractivity contribution in [2.75, 3.05) is 37.0 Å². The van der Waals surface area contributed by atoms with Crippen molar-refractivity contribution >= 4 is 40.5 Å². The highest BCUT2D eigenvalue weighted by atomic mass is 16.5. The number of hydrogen-bond acceptors (Lipinski definition) is 12. The molecule has 0 atom stereocenters. The summed E-state index contributed by atoms with van der Waals surface area (Å²) in [6.07, 6.45) is 9.92. The van der Waals surface area contributed by atoms with Crippen LogP contribution in [0.25, 0.3) is 11.0 Å². The lowest BCUT2D eigenvalue weighted by Crippen LogP contribution is -2.30. The minimum absolute atomic E-state index is 0.000531. The number of ketones is 1. The minimum atomic E-state index is -0.458. The van der Waals surface area contributed by atoms with Crippen LogP contribution < -0.4 is 20.5 Å². The molecule has 1 saturated carbocycles. The van der Waals surface area contributed by atoms with Crippen molar-refractivity contribution in [2.45, 2.75) is 52.5 Å². The van der Waals surface area contributed by atoms with Crippen LogP contribution in [-0.2, 0) is 4.74 Å². The standard InChI is InChI=1S/C30H34N8O5/c1-5-42-28(41)20-14-33-30(34-15-20)37(4)12-13-43-22-10-11-24(31-16-22)35-29-32-17-23-18(2)25(19(3)39)27(40)38(26(23)36-29)21-8-6-7-9-21/h10-11,14-17,21H,5-9,12-13H2,1-4H3,(H,31,32,35,36). The average molecular weight is 587 g/mol. The quantitative estimate of drug-likeness (QED) is 0.199. The number of Topliss-reactive ketones (excluding diaryl/α,β-unsaturated/α-hetero) is 1. The number of hydrogen-bond donors (Lipinski definition) is 1. The van der Waals surface area contributed by atoms with E-state index in [1.807, 2.05) is 11.9 Å². The lowest BCUT2D eigenvalue weighted by Gasteiger charge is -2.19. The van der Waals surface area contributed by atoms with Gasteiger partial charge in [0.15, 0.2) is 5.78 Å². The fourth-order valence-corrected chi connectivity index (χ4v) is 5.20. The number of carbonyl (C=O) groups excluding carboxylic acids is 2. The van der Waals surface area contributed by atoms with Gasteiger partial charge in [0.1, 0.15) is 23.8 Å². The molecule has 0 radical (unpaired) electrons. The van der Waals surface area contributed by atoms with E-state index in [-0.39, 0.29) is 29.6 Å². The number of nitrogens with one attached hydrogen (secondary N) is 1. The van der Waals surface area contributed by atoms with Gasteiger partial charge in [-0.2, -0.15) is 4.98 Å². The van der Waals surface area contributed by atoms with Gasteiger partial charge in [0, 0.05) is 37.1 Å². The van der Waals surface area contributed by atoms with E-state index >= 15 is 0 Å². The molecule has 1 N–H and O–H groups in total. The van der Waals surface area contributed by atoms with Crippen LogP contribution in [0, 0.1) is 6.92 Å². The summed E-state index contributed by atoms with van der Waals surface area (Å²) in [5.74, 6) is 1.11. The van der Waals surface area contributed by atoms with Crippen LogP contribution in [0.2, 0.25) is 0 Å². The number of anilines is 3. The van der Waals surface area contributed by atoms with E-state index < -0.39 is 5.97 Å². The second kappa shape index (κ2) is 12.9. The largest absolute Gasteiger partial charge is 0.490 e. The molecule has 0 unspecified atom stereocenters. The summed E-state index contributed by atoms with van der Waals surface area (Å²) in [6.45, 7) is 6.06. The van der Waals surface area contributed by atoms with Gasteiger partial charge in [-0.15, -0.1) is 0 Å². The first-order valence-corrected chi connectivity index (χ1v) is 14.3. The Hall–Kier alpha value is -4.94. The van der Waals surface area contributed by atoms with Crippen molar-refractivity contribution in [2.24, 2.45) is 0 Å². The number of ether oxygens (including phenoxy) is 2. The summed E-state index contributed by atoms with van der Waals surface area (Å²) in [6, 6.07) is 3.53. The number of aryl methyl sites for hydroxylation is 1. The van der Waals surface area contributed by atoms with Crippen molar-refractivity contribution in [3.05, 3.63) is 64.0 Å². The van der Waals surface area contributed by atoms with Crippen molar-refractivity contribution in [3.8, 4) is 5.75 Å². The normalized spacial score (nSPS) is 13.2. The van der Waals surface area contributed by atoms with E-state index in [4.69, 9.17) is 14.5 Å². The Kier molecular flexibility index (Phi) is 8.88. The van der Waals surface area contributed by atoms with Crippen LogP contribution in [0.5, 0.6) is 5.75 Å². The van der Waals surface area contributed by atoms with E-state index in [9.17, 15) is 14.4 Å². The lowest BCUT2D eigenvalue weighted by molar-refractivity contribution is 0.0525. The smallest absolute Gasteiger partial charge is 0.341 e. The monoisotopic (exact) mass is 586 g/mol. The zero-order valence-corrected chi connectivity index (χ0v) is 24.7. The lowest BCUT2D eigenvalue weighted by atomic mass is 10.0. The van der Waals surface area contributed by atoms with Crippen LogP contribution in [0.1, 0.15) is 71.9 Å². The molecule has 4 aromatic heterocycles. The number of fused-ring (bicyclic) bond motifs is 1. The number of esters is 1. The molecule has 1 fully saturated rings. The van der Waals surface area contributed by atoms with Crippen molar-refractivity contribution < 1.29 is 19.1 Å². The molecule has 0 aliphatic heterocycles. The van der Waals surface area contributed by atoms with E-state index in [0.717, 1.165) is 25.7 Å². The van der Waals surface area contributed by atoms with Gasteiger partial charge in [-0.05, 0) is 51.3 Å². The molecule has 224 valence electrons. The Morgan fingerprint density at radius 2 is 1.81 bits per heavy atom. The second-order valence-electron chi connectivity index (χ2n) is 10.4. The van der Waals surface area contributed by atoms with Gasteiger partial charge >= 0.3 is 5.97 Å². The average Bonchev–Trinajstić information content (AvgIpc) is 3.52. The Morgan fingerprint density at radius 3 is 2.47 bits per heavy atom. The summed E-state index contributed by atoms with van der Waals surface area (Å²) in [7, 11) is 1.83. The summed E-state index contributed by atoms with van der Waals surface area (Å²) in [4.78, 5) is 61.3. The molecular weight excluding hydrogens is 552 g/mol. The third-order valence-electron chi connectivity index (χ3n) is 7.41. The molecule has 4 heterocycles. The molecule has 0 aromatic carbocycles. The predicted molar refractivity (Wildman–Crippen MR) is 160 cm³/mol. The van der Waals surface area contributed by atoms with Crippen LogP contribution in [0.3, 0.4) is 0 Å². The minimum Gasteiger partial charge on any atom is -0.490 e. The van der Waals surface area contributed by atoms with Crippen molar-refractivity contribution in [1.29, 1.82) is 0 Å². The molecule has 5 rings (SSSR count).